The van der Waals surface area contributed by atoms with Crippen molar-refractivity contribution in [1.82, 2.24) is 0 Å². The lowest BCUT2D eigenvalue weighted by atomic mass is 10.1. The van der Waals surface area contributed by atoms with Gasteiger partial charge in [-0.25, -0.2) is 0 Å². The highest BCUT2D eigenvalue weighted by Gasteiger charge is 1.85. The van der Waals surface area contributed by atoms with Crippen LogP contribution in [0.5, 0.6) is 0 Å². The second-order valence-corrected chi connectivity index (χ2v) is 3.01. The molecule has 76 valence electrons. The minimum Gasteiger partial charge on any atom is -0.299 e. The molecule has 0 aliphatic rings. The summed E-state index contributed by atoms with van der Waals surface area (Å²) in [7, 11) is 0. The quantitative estimate of drug-likeness (QED) is 0.505. The molecule has 0 saturated carbocycles. The molecule has 0 bridgehead atoms. The summed E-state index contributed by atoms with van der Waals surface area (Å²) in [5, 5.41) is 2.62. The Morgan fingerprint density at radius 3 is 1.47 bits per heavy atom. The fraction of sp³-hybridized carbons (Fsp3) is 0.0714. The molecule has 0 atom stereocenters. The number of carbonyl (C=O) groups is 1. The highest BCUT2D eigenvalue weighted by molar-refractivity contribution is 5.81. The van der Waals surface area contributed by atoms with Crippen LogP contribution in [0.25, 0.3) is 10.8 Å². The molecule has 2 aromatic rings. The molecule has 1 nitrogen and oxygen atoms in total. The van der Waals surface area contributed by atoms with Gasteiger partial charge in [-0.15, -0.1) is 0 Å². The molecule has 0 unspecified atom stereocenters. The van der Waals surface area contributed by atoms with Gasteiger partial charge in [-0.3, -0.25) is 4.79 Å². The Balaban J connectivity index is 0.000000195. The van der Waals surface area contributed by atoms with Crippen molar-refractivity contribution in [3.8, 4) is 0 Å². The molecule has 0 saturated heterocycles. The molecule has 0 amide bonds. The molecule has 0 radical (unpaired) electrons. The van der Waals surface area contributed by atoms with Gasteiger partial charge in [0.25, 0.3) is 0 Å². The molecule has 0 aliphatic carbocycles. The molecule has 1 heteroatoms. The molecule has 0 N–H and O–H groups in total. The lowest BCUT2D eigenvalue weighted by Crippen LogP contribution is -1.67. The summed E-state index contributed by atoms with van der Waals surface area (Å²) in [5.41, 5.74) is 0. The predicted octanol–water partition coefficient (Wildman–Crippen LogP) is 3.60. The van der Waals surface area contributed by atoms with Crippen molar-refractivity contribution in [3.05, 3.63) is 60.7 Å². The van der Waals surface area contributed by atoms with Crippen LogP contribution in [0, 0.1) is 0 Å². The van der Waals surface area contributed by atoms with Gasteiger partial charge in [-0.2, -0.15) is 0 Å². The Morgan fingerprint density at radius 2 is 1.27 bits per heavy atom. The van der Waals surface area contributed by atoms with Gasteiger partial charge in [0.15, 0.2) is 0 Å². The lowest BCUT2D eigenvalue weighted by Gasteiger charge is -1.92. The van der Waals surface area contributed by atoms with Crippen molar-refractivity contribution in [2.75, 3.05) is 0 Å². The van der Waals surface area contributed by atoms with Crippen molar-refractivity contribution in [1.29, 1.82) is 0 Å². The molecule has 2 aromatic carbocycles. The number of benzene rings is 2. The standard InChI is InChI=1S/C10H8.C4H6O/c1-2-6-10-8-4-3-7-9(10)5-1;1-2-3-4-5/h1-8H;2-4H,1H3. The summed E-state index contributed by atoms with van der Waals surface area (Å²) in [5.74, 6) is 0. The molecule has 0 aliphatic heterocycles. The van der Waals surface area contributed by atoms with Crippen LogP contribution in [0.2, 0.25) is 0 Å². The molecular weight excluding hydrogens is 184 g/mol. The SMILES string of the molecule is CC=CC=O.c1ccc2ccccc2c1. The van der Waals surface area contributed by atoms with Crippen molar-refractivity contribution < 1.29 is 4.79 Å². The largest absolute Gasteiger partial charge is 0.299 e. The molecule has 0 spiro atoms. The fourth-order valence-electron chi connectivity index (χ4n) is 1.21. The smallest absolute Gasteiger partial charge is 0.142 e. The maximum Gasteiger partial charge on any atom is 0.142 e. The van der Waals surface area contributed by atoms with E-state index >= 15 is 0 Å². The van der Waals surface area contributed by atoms with Gasteiger partial charge in [0, 0.05) is 0 Å². The monoisotopic (exact) mass is 198 g/mol. The maximum atomic E-state index is 9.32. The van der Waals surface area contributed by atoms with Gasteiger partial charge >= 0.3 is 0 Å². The third-order valence-corrected chi connectivity index (χ3v) is 1.93. The molecule has 0 heterocycles. The highest BCUT2D eigenvalue weighted by Crippen LogP contribution is 2.11. The highest BCUT2D eigenvalue weighted by atomic mass is 16.1. The van der Waals surface area contributed by atoms with Crippen LogP contribution >= 0.6 is 0 Å². The fourth-order valence-corrected chi connectivity index (χ4v) is 1.21. The van der Waals surface area contributed by atoms with Gasteiger partial charge in [0.1, 0.15) is 6.29 Å². The van der Waals surface area contributed by atoms with Crippen LogP contribution in [-0.2, 0) is 4.79 Å². The summed E-state index contributed by atoms with van der Waals surface area (Å²) in [4.78, 5) is 9.32. The average Bonchev–Trinajstić information content (AvgIpc) is 2.31. The Hall–Kier alpha value is -1.89. The van der Waals surface area contributed by atoms with Crippen molar-refractivity contribution in [3.63, 3.8) is 0 Å². The number of carbonyl (C=O) groups excluding carboxylic acids is 1. The van der Waals surface area contributed by atoms with E-state index in [4.69, 9.17) is 0 Å². The number of fused-ring (bicyclic) bond motifs is 1. The Morgan fingerprint density at radius 1 is 0.867 bits per heavy atom. The third kappa shape index (κ3) is 3.77. The van der Waals surface area contributed by atoms with Gasteiger partial charge in [0.2, 0.25) is 0 Å². The number of hydrogen-bond acceptors (Lipinski definition) is 1. The van der Waals surface area contributed by atoms with E-state index in [0.29, 0.717) is 0 Å². The van der Waals surface area contributed by atoms with Crippen LogP contribution in [0.4, 0.5) is 0 Å². The second-order valence-electron chi connectivity index (χ2n) is 3.01. The minimum absolute atomic E-state index is 0.750. The Bertz CT molecular complexity index is 378. The zero-order chi connectivity index (χ0) is 10.9. The van der Waals surface area contributed by atoms with E-state index in [9.17, 15) is 4.79 Å². The van der Waals surface area contributed by atoms with E-state index in [0.717, 1.165) is 6.29 Å². The van der Waals surface area contributed by atoms with Gasteiger partial charge in [0.05, 0.1) is 0 Å². The van der Waals surface area contributed by atoms with Crippen LogP contribution < -0.4 is 0 Å². The van der Waals surface area contributed by atoms with Crippen molar-refractivity contribution in [2.24, 2.45) is 0 Å². The van der Waals surface area contributed by atoms with Gasteiger partial charge in [-0.05, 0) is 23.8 Å². The Labute approximate surface area is 90.1 Å². The number of rotatable bonds is 1. The maximum absolute atomic E-state index is 9.32. The average molecular weight is 198 g/mol. The summed E-state index contributed by atoms with van der Waals surface area (Å²) in [6.07, 6.45) is 3.88. The summed E-state index contributed by atoms with van der Waals surface area (Å²) in [6.45, 7) is 1.80. The normalized spacial score (nSPS) is 9.67. The number of aldehydes is 1. The van der Waals surface area contributed by atoms with Crippen LogP contribution in [0.15, 0.2) is 60.7 Å². The Kier molecular flexibility index (Phi) is 4.88. The molecule has 2 rings (SSSR count). The first kappa shape index (κ1) is 11.2. The second kappa shape index (κ2) is 6.55. The molecule has 0 fully saturated rings. The summed E-state index contributed by atoms with van der Waals surface area (Å²) < 4.78 is 0. The lowest BCUT2D eigenvalue weighted by molar-refractivity contribution is -0.104. The van der Waals surface area contributed by atoms with Crippen molar-refractivity contribution in [2.45, 2.75) is 6.92 Å². The molecule has 0 aromatic heterocycles. The third-order valence-electron chi connectivity index (χ3n) is 1.93. The van der Waals surface area contributed by atoms with E-state index in [1.807, 2.05) is 0 Å². The van der Waals surface area contributed by atoms with Crippen LogP contribution in [0.1, 0.15) is 6.92 Å². The van der Waals surface area contributed by atoms with E-state index in [-0.39, 0.29) is 0 Å². The predicted molar refractivity (Wildman–Crippen MR) is 64.8 cm³/mol. The number of hydrogen-bond donors (Lipinski definition) is 0. The zero-order valence-electron chi connectivity index (χ0n) is 8.76. The minimum atomic E-state index is 0.750. The zero-order valence-corrected chi connectivity index (χ0v) is 8.76. The first-order chi connectivity index (χ1) is 7.38. The summed E-state index contributed by atoms with van der Waals surface area (Å²) >= 11 is 0. The van der Waals surface area contributed by atoms with Crippen LogP contribution in [0.3, 0.4) is 0 Å². The van der Waals surface area contributed by atoms with E-state index in [1.54, 1.807) is 13.0 Å². The number of allylic oxidation sites excluding steroid dienone is 2. The summed E-state index contributed by atoms with van der Waals surface area (Å²) in [6, 6.07) is 16.7. The first-order valence-electron chi connectivity index (χ1n) is 4.88. The van der Waals surface area contributed by atoms with Gasteiger partial charge < -0.3 is 0 Å². The first-order valence-corrected chi connectivity index (χ1v) is 4.88. The van der Waals surface area contributed by atoms with Gasteiger partial charge in [-0.1, -0.05) is 54.6 Å². The van der Waals surface area contributed by atoms with E-state index in [1.165, 1.54) is 16.8 Å². The van der Waals surface area contributed by atoms with Crippen molar-refractivity contribution >= 4 is 17.1 Å². The molecular formula is C14H14O. The van der Waals surface area contributed by atoms with E-state index < -0.39 is 0 Å². The van der Waals surface area contributed by atoms with E-state index in [2.05, 4.69) is 48.5 Å². The van der Waals surface area contributed by atoms with Crippen LogP contribution in [-0.4, -0.2) is 6.29 Å². The topological polar surface area (TPSA) is 17.1 Å². The molecule has 15 heavy (non-hydrogen) atoms.